The van der Waals surface area contributed by atoms with Crippen LogP contribution in [0, 0.1) is 0 Å². The van der Waals surface area contributed by atoms with Crippen LogP contribution in [0.5, 0.6) is 5.75 Å². The van der Waals surface area contributed by atoms with Crippen molar-refractivity contribution in [2.24, 2.45) is 7.05 Å². The fourth-order valence-electron chi connectivity index (χ4n) is 6.63. The summed E-state index contributed by atoms with van der Waals surface area (Å²) in [5.74, 6) is 0.900. The number of methoxy groups -OCH3 is 1. The molecule has 1 aliphatic heterocycles. The highest BCUT2D eigenvalue weighted by molar-refractivity contribution is 5.91. The van der Waals surface area contributed by atoms with E-state index in [9.17, 15) is 4.79 Å². The molecule has 44 heavy (non-hydrogen) atoms. The number of esters is 1. The van der Waals surface area contributed by atoms with E-state index in [1.54, 1.807) is 10.9 Å². The molecule has 5 aromatic rings. The normalized spacial score (nSPS) is 19.6. The van der Waals surface area contributed by atoms with Crippen molar-refractivity contribution in [3.8, 4) is 22.6 Å². The second-order valence-electron chi connectivity index (χ2n) is 11.6. The molecule has 0 radical (unpaired) electrons. The van der Waals surface area contributed by atoms with Crippen LogP contribution >= 0.6 is 0 Å². The summed E-state index contributed by atoms with van der Waals surface area (Å²) >= 11 is 0. The lowest BCUT2D eigenvalue weighted by Crippen LogP contribution is -2.29. The molecule has 0 bridgehead atoms. The Morgan fingerprint density at radius 1 is 1.02 bits per heavy atom. The SMILES string of the molecule is CCC1c2ccccc2OCCN1Cc1cccc(-c2cccc(-n3ncc(C(=O)OC)c3[C@H]3C[C@@H]3c3cn(C)nn3)c2)c1. The van der Waals surface area contributed by atoms with Crippen molar-refractivity contribution in [1.82, 2.24) is 29.7 Å². The van der Waals surface area contributed by atoms with Crippen LogP contribution in [0.4, 0.5) is 0 Å². The van der Waals surface area contributed by atoms with Gasteiger partial charge in [0.1, 0.15) is 17.9 Å². The molecular weight excluding hydrogens is 552 g/mol. The Hall–Kier alpha value is -4.76. The predicted molar refractivity (Wildman–Crippen MR) is 167 cm³/mol. The highest BCUT2D eigenvalue weighted by atomic mass is 16.5. The first-order chi connectivity index (χ1) is 21.5. The average molecular weight is 589 g/mol. The third kappa shape index (κ3) is 5.28. The lowest BCUT2D eigenvalue weighted by Gasteiger charge is -2.29. The maximum Gasteiger partial charge on any atom is 0.341 e. The van der Waals surface area contributed by atoms with Crippen LogP contribution in [-0.4, -0.2) is 55.9 Å². The van der Waals surface area contributed by atoms with Crippen molar-refractivity contribution in [3.63, 3.8) is 0 Å². The number of para-hydroxylation sites is 1. The molecular formula is C35H36N6O3. The lowest BCUT2D eigenvalue weighted by atomic mass is 9.99. The van der Waals surface area contributed by atoms with E-state index in [0.29, 0.717) is 18.2 Å². The maximum absolute atomic E-state index is 12.8. The molecule has 0 saturated heterocycles. The minimum atomic E-state index is -0.383. The van der Waals surface area contributed by atoms with Crippen LogP contribution in [0.3, 0.4) is 0 Å². The smallest absolute Gasteiger partial charge is 0.341 e. The highest BCUT2D eigenvalue weighted by Gasteiger charge is 2.46. The van der Waals surface area contributed by atoms with E-state index in [1.165, 1.54) is 18.2 Å². The fraction of sp³-hybridized carbons (Fsp3) is 0.314. The lowest BCUT2D eigenvalue weighted by molar-refractivity contribution is 0.0599. The Labute approximate surface area is 257 Å². The fourth-order valence-corrected chi connectivity index (χ4v) is 6.63. The van der Waals surface area contributed by atoms with Gasteiger partial charge in [-0.15, -0.1) is 5.10 Å². The zero-order chi connectivity index (χ0) is 30.2. The number of carbonyl (C=O) groups excluding carboxylic acids is 1. The molecule has 1 fully saturated rings. The maximum atomic E-state index is 12.8. The van der Waals surface area contributed by atoms with Gasteiger partial charge in [0.25, 0.3) is 0 Å². The van der Waals surface area contributed by atoms with Gasteiger partial charge in [0.05, 0.1) is 30.4 Å². The molecule has 9 nitrogen and oxygen atoms in total. The van der Waals surface area contributed by atoms with Gasteiger partial charge in [-0.1, -0.05) is 60.7 Å². The van der Waals surface area contributed by atoms with Gasteiger partial charge < -0.3 is 9.47 Å². The minimum Gasteiger partial charge on any atom is -0.492 e. The van der Waals surface area contributed by atoms with Crippen molar-refractivity contribution >= 4 is 5.97 Å². The Balaban J connectivity index is 1.18. The standard InChI is InChI=1S/C35H36N6O3/c1-4-32-27-13-5-6-14-33(27)44-16-15-40(32)21-23-9-7-10-24(17-23)25-11-8-12-26(18-25)41-34(30(20-36-41)35(42)43-3)29-19-28(29)31-22-39(2)38-37-31/h5-14,17-18,20,22,28-29,32H,4,15-16,19,21H2,1-3H3/t28-,29-,32?/m0/s1. The Kier molecular flexibility index (Phi) is 7.47. The molecule has 3 atom stereocenters. The molecule has 2 aliphatic rings. The molecule has 9 heteroatoms. The first-order valence-corrected chi connectivity index (χ1v) is 15.2. The van der Waals surface area contributed by atoms with E-state index >= 15 is 0 Å². The minimum absolute atomic E-state index is 0.101. The van der Waals surface area contributed by atoms with E-state index in [0.717, 1.165) is 59.9 Å². The van der Waals surface area contributed by atoms with Gasteiger partial charge in [-0.05, 0) is 53.8 Å². The number of carbonyl (C=O) groups is 1. The highest BCUT2D eigenvalue weighted by Crippen LogP contribution is 2.55. The average Bonchev–Trinajstić information content (AvgIpc) is 3.58. The van der Waals surface area contributed by atoms with E-state index in [4.69, 9.17) is 9.47 Å². The van der Waals surface area contributed by atoms with Crippen molar-refractivity contribution in [2.75, 3.05) is 20.3 Å². The largest absolute Gasteiger partial charge is 0.492 e. The number of nitrogens with zero attached hydrogens (tertiary/aromatic N) is 6. The van der Waals surface area contributed by atoms with Crippen LogP contribution < -0.4 is 4.74 Å². The summed E-state index contributed by atoms with van der Waals surface area (Å²) in [5.41, 5.74) is 7.90. The van der Waals surface area contributed by atoms with Gasteiger partial charge in [0.2, 0.25) is 0 Å². The number of aromatic nitrogens is 5. The van der Waals surface area contributed by atoms with Crippen LogP contribution in [0.1, 0.15) is 70.5 Å². The van der Waals surface area contributed by atoms with E-state index in [-0.39, 0.29) is 17.8 Å². The number of fused-ring (bicyclic) bond motifs is 1. The Bertz CT molecular complexity index is 1810. The second kappa shape index (κ2) is 11.7. The van der Waals surface area contributed by atoms with Gasteiger partial charge in [0, 0.05) is 49.8 Å². The Morgan fingerprint density at radius 3 is 2.64 bits per heavy atom. The predicted octanol–water partition coefficient (Wildman–Crippen LogP) is 6.07. The van der Waals surface area contributed by atoms with Crippen LogP contribution in [0.25, 0.3) is 16.8 Å². The van der Waals surface area contributed by atoms with Crippen LogP contribution in [0.15, 0.2) is 85.2 Å². The Morgan fingerprint density at radius 2 is 1.84 bits per heavy atom. The van der Waals surface area contributed by atoms with Gasteiger partial charge in [0.15, 0.2) is 0 Å². The third-order valence-corrected chi connectivity index (χ3v) is 8.83. The number of aryl methyl sites for hydroxylation is 1. The van der Waals surface area contributed by atoms with E-state index < -0.39 is 0 Å². The molecule has 2 aromatic heterocycles. The number of ether oxygens (including phenoxy) is 2. The molecule has 3 aromatic carbocycles. The third-order valence-electron chi connectivity index (χ3n) is 8.83. The first kappa shape index (κ1) is 28.0. The van der Waals surface area contributed by atoms with E-state index in [2.05, 4.69) is 81.8 Å². The van der Waals surface area contributed by atoms with E-state index in [1.807, 2.05) is 36.1 Å². The molecule has 1 aliphatic carbocycles. The molecule has 3 heterocycles. The van der Waals surface area contributed by atoms with Crippen molar-refractivity contribution in [3.05, 3.63) is 113 Å². The van der Waals surface area contributed by atoms with Gasteiger partial charge in [-0.2, -0.15) is 5.10 Å². The summed E-state index contributed by atoms with van der Waals surface area (Å²) in [6.45, 7) is 4.62. The van der Waals surface area contributed by atoms with Crippen molar-refractivity contribution in [1.29, 1.82) is 0 Å². The first-order valence-electron chi connectivity index (χ1n) is 15.2. The quantitative estimate of drug-likeness (QED) is 0.203. The van der Waals surface area contributed by atoms with Gasteiger partial charge in [-0.3, -0.25) is 9.58 Å². The summed E-state index contributed by atoms with van der Waals surface area (Å²) in [6.07, 6.45) is 5.45. The number of rotatable bonds is 8. The number of benzene rings is 3. The molecule has 0 amide bonds. The van der Waals surface area contributed by atoms with Crippen LogP contribution in [0.2, 0.25) is 0 Å². The zero-order valence-electron chi connectivity index (χ0n) is 25.3. The molecule has 7 rings (SSSR count). The monoisotopic (exact) mass is 588 g/mol. The van der Waals surface area contributed by atoms with Crippen LogP contribution in [-0.2, 0) is 18.3 Å². The summed E-state index contributed by atoms with van der Waals surface area (Å²) < 4.78 is 14.8. The molecule has 0 N–H and O–H groups in total. The number of hydrogen-bond acceptors (Lipinski definition) is 7. The molecule has 1 saturated carbocycles. The van der Waals surface area contributed by atoms with Crippen molar-refractivity contribution in [2.45, 2.75) is 44.2 Å². The molecule has 224 valence electrons. The zero-order valence-corrected chi connectivity index (χ0v) is 25.3. The molecule has 1 unspecified atom stereocenters. The van der Waals surface area contributed by atoms with Gasteiger partial charge >= 0.3 is 5.97 Å². The number of hydrogen-bond donors (Lipinski definition) is 0. The second-order valence-corrected chi connectivity index (χ2v) is 11.6. The summed E-state index contributed by atoms with van der Waals surface area (Å²) in [7, 11) is 3.27. The summed E-state index contributed by atoms with van der Waals surface area (Å²) in [5, 5.41) is 13.1. The topological polar surface area (TPSA) is 87.3 Å². The summed E-state index contributed by atoms with van der Waals surface area (Å²) in [4.78, 5) is 15.3. The summed E-state index contributed by atoms with van der Waals surface area (Å²) in [6, 6.07) is 25.8. The van der Waals surface area contributed by atoms with Gasteiger partial charge in [-0.25, -0.2) is 9.48 Å². The molecule has 0 spiro atoms. The van der Waals surface area contributed by atoms with Crippen molar-refractivity contribution < 1.29 is 14.3 Å².